The number of methoxy groups -OCH3 is 1. The van der Waals surface area contributed by atoms with Crippen molar-refractivity contribution in [3.05, 3.63) is 45.9 Å². The molecule has 44 heavy (non-hydrogen) atoms. The first-order valence-corrected chi connectivity index (χ1v) is 17.7. The van der Waals surface area contributed by atoms with Gasteiger partial charge in [-0.2, -0.15) is 9.61 Å². The number of aromatic nitrogens is 5. The summed E-state index contributed by atoms with van der Waals surface area (Å²) in [6.45, 7) is 15.4. The molecule has 0 saturated carbocycles. The van der Waals surface area contributed by atoms with E-state index < -0.39 is 0 Å². The molecule has 0 atom stereocenters. The number of aryl methyl sites for hydroxylation is 1. The Hall–Kier alpha value is -3.00. The Kier molecular flexibility index (Phi) is 12.6. The molecule has 0 aliphatic rings. The zero-order chi connectivity index (χ0) is 31.5. The van der Waals surface area contributed by atoms with Crippen molar-refractivity contribution < 1.29 is 4.74 Å². The van der Waals surface area contributed by atoms with Crippen LogP contribution in [-0.2, 0) is 5.41 Å². The van der Waals surface area contributed by atoms with Crippen LogP contribution in [0.5, 0.6) is 5.75 Å². The Morgan fingerprint density at radius 3 is 2.14 bits per heavy atom. The maximum absolute atomic E-state index is 5.67. The molecular weight excluding hydrogens is 565 g/mol. The van der Waals surface area contributed by atoms with E-state index in [-0.39, 0.29) is 5.41 Å². The summed E-state index contributed by atoms with van der Waals surface area (Å²) in [6.07, 6.45) is 20.0. The minimum absolute atomic E-state index is 0.178. The molecule has 4 aromatic rings. The first-order chi connectivity index (χ1) is 21.3. The van der Waals surface area contributed by atoms with E-state index in [9.17, 15) is 0 Å². The van der Waals surface area contributed by atoms with Crippen molar-refractivity contribution in [3.8, 4) is 17.1 Å². The second-order valence-electron chi connectivity index (χ2n) is 13.2. The van der Waals surface area contributed by atoms with E-state index in [2.05, 4.69) is 75.0 Å². The summed E-state index contributed by atoms with van der Waals surface area (Å²) in [4.78, 5) is 7.48. The molecule has 0 N–H and O–H groups in total. The van der Waals surface area contributed by atoms with Gasteiger partial charge in [0, 0.05) is 23.7 Å². The second-order valence-corrected chi connectivity index (χ2v) is 14.2. The van der Waals surface area contributed by atoms with Gasteiger partial charge in [-0.15, -0.1) is 10.2 Å². The number of hydrogen-bond donors (Lipinski definition) is 0. The minimum Gasteiger partial charge on any atom is -0.496 e. The largest absolute Gasteiger partial charge is 0.496 e. The molecule has 0 radical (unpaired) electrons. The lowest BCUT2D eigenvalue weighted by Crippen LogP contribution is -2.24. The molecule has 0 saturated heterocycles. The Morgan fingerprint density at radius 2 is 1.52 bits per heavy atom. The average molecular weight is 619 g/mol. The summed E-state index contributed by atoms with van der Waals surface area (Å²) in [5.74, 6) is 1.45. The van der Waals surface area contributed by atoms with Gasteiger partial charge in [0.05, 0.1) is 24.6 Å². The van der Waals surface area contributed by atoms with Crippen molar-refractivity contribution in [1.82, 2.24) is 24.8 Å². The predicted molar refractivity (Wildman–Crippen MR) is 186 cm³/mol. The van der Waals surface area contributed by atoms with E-state index >= 15 is 0 Å². The van der Waals surface area contributed by atoms with Crippen LogP contribution in [0.4, 0.5) is 5.00 Å². The lowest BCUT2D eigenvalue weighted by atomic mass is 9.91. The third kappa shape index (κ3) is 8.80. The van der Waals surface area contributed by atoms with Crippen molar-refractivity contribution >= 4 is 28.1 Å². The van der Waals surface area contributed by atoms with E-state index in [1.165, 1.54) is 82.1 Å². The molecule has 3 heterocycles. The fourth-order valence-corrected chi connectivity index (χ4v) is 6.68. The summed E-state index contributed by atoms with van der Waals surface area (Å²) < 4.78 is 7.55. The number of fused-ring (bicyclic) bond motifs is 1. The fraction of sp³-hybridized carbons (Fsp3) is 0.611. The van der Waals surface area contributed by atoms with Gasteiger partial charge in [-0.1, -0.05) is 122 Å². The second kappa shape index (κ2) is 16.4. The number of anilines is 1. The van der Waals surface area contributed by atoms with Crippen LogP contribution in [0.2, 0.25) is 0 Å². The highest BCUT2D eigenvalue weighted by molar-refractivity contribution is 7.16. The lowest BCUT2D eigenvalue weighted by Gasteiger charge is -2.22. The molecule has 1 aromatic carbocycles. The summed E-state index contributed by atoms with van der Waals surface area (Å²) >= 11 is 1.78. The monoisotopic (exact) mass is 618 g/mol. The van der Waals surface area contributed by atoms with Crippen LogP contribution in [0.3, 0.4) is 0 Å². The fourth-order valence-electron chi connectivity index (χ4n) is 5.77. The first kappa shape index (κ1) is 33.9. The number of rotatable bonds is 18. The summed E-state index contributed by atoms with van der Waals surface area (Å²) in [5, 5.41) is 17.5. The summed E-state index contributed by atoms with van der Waals surface area (Å²) in [5.41, 5.74) is 3.58. The highest BCUT2D eigenvalue weighted by atomic mass is 32.1. The Labute approximate surface area is 269 Å². The van der Waals surface area contributed by atoms with Crippen molar-refractivity contribution in [2.24, 2.45) is 0 Å². The molecule has 240 valence electrons. The predicted octanol–water partition coefficient (Wildman–Crippen LogP) is 8.94. The molecule has 0 aliphatic carbocycles. The maximum Gasteiger partial charge on any atom is 0.189 e. The quantitative estimate of drug-likeness (QED) is 0.104. The van der Waals surface area contributed by atoms with Gasteiger partial charge in [-0.25, -0.2) is 4.98 Å². The standard InChI is InChI=1S/C36H54N6OS/c1-8-10-12-14-16-18-22-41(23-19-17-15-13-11-9-2)32-26-37-31(44-32)25-29-33(36(4,5)6)40-42-34(38-39-35(29)42)28-24-27(3)20-21-30(28)43-7/h20-21,24-26H,8-19,22-23H2,1-7H3/b29-25-. The Morgan fingerprint density at radius 1 is 0.886 bits per heavy atom. The number of benzene rings is 1. The molecule has 0 spiro atoms. The molecule has 0 bridgehead atoms. The lowest BCUT2D eigenvalue weighted by molar-refractivity contribution is 0.416. The number of thiazole rings is 1. The van der Waals surface area contributed by atoms with Gasteiger partial charge in [0.25, 0.3) is 0 Å². The number of unbranched alkanes of at least 4 members (excludes halogenated alkanes) is 10. The van der Waals surface area contributed by atoms with Gasteiger partial charge in [0.2, 0.25) is 0 Å². The zero-order valence-corrected chi connectivity index (χ0v) is 29.1. The van der Waals surface area contributed by atoms with Crippen molar-refractivity contribution in [2.75, 3.05) is 25.1 Å². The van der Waals surface area contributed by atoms with E-state index in [4.69, 9.17) is 14.8 Å². The Bertz CT molecular complexity index is 1480. The third-order valence-corrected chi connectivity index (χ3v) is 9.30. The highest BCUT2D eigenvalue weighted by Gasteiger charge is 2.25. The van der Waals surface area contributed by atoms with Crippen LogP contribution in [0.25, 0.3) is 23.1 Å². The summed E-state index contributed by atoms with van der Waals surface area (Å²) in [6, 6.07) is 6.10. The highest BCUT2D eigenvalue weighted by Crippen LogP contribution is 2.31. The normalized spacial score (nSPS) is 12.5. The van der Waals surface area contributed by atoms with Crippen LogP contribution in [0.1, 0.15) is 128 Å². The number of ether oxygens (including phenoxy) is 1. The van der Waals surface area contributed by atoms with E-state index in [0.717, 1.165) is 51.5 Å². The molecule has 7 nitrogen and oxygen atoms in total. The first-order valence-electron chi connectivity index (χ1n) is 16.9. The van der Waals surface area contributed by atoms with Crippen molar-refractivity contribution in [2.45, 2.75) is 124 Å². The molecule has 8 heteroatoms. The Balaban J connectivity index is 1.62. The van der Waals surface area contributed by atoms with Gasteiger partial charge in [0.15, 0.2) is 11.5 Å². The van der Waals surface area contributed by atoms with Crippen LogP contribution in [0.15, 0.2) is 24.4 Å². The van der Waals surface area contributed by atoms with Gasteiger partial charge in [-0.3, -0.25) is 0 Å². The molecule has 0 aliphatic heterocycles. The molecule has 0 amide bonds. The van der Waals surface area contributed by atoms with Crippen LogP contribution in [-0.4, -0.2) is 45.0 Å². The van der Waals surface area contributed by atoms with E-state index in [1.807, 2.05) is 16.6 Å². The number of nitrogens with zero attached hydrogens (tertiary/aromatic N) is 6. The van der Waals surface area contributed by atoms with Gasteiger partial charge >= 0.3 is 0 Å². The van der Waals surface area contributed by atoms with Gasteiger partial charge in [-0.05, 0) is 38.0 Å². The third-order valence-electron chi connectivity index (χ3n) is 8.30. The topological polar surface area (TPSA) is 68.4 Å². The average Bonchev–Trinajstić information content (AvgIpc) is 3.72. The minimum atomic E-state index is -0.178. The zero-order valence-electron chi connectivity index (χ0n) is 28.3. The molecule has 0 unspecified atom stereocenters. The SMILES string of the molecule is CCCCCCCCN(CCCCCCCC)c1cnc(/C=c2/c(C(C)(C)C)nn3c(-c4cc(C)ccc4OC)nnc23)s1. The van der Waals surface area contributed by atoms with Gasteiger partial charge in [0.1, 0.15) is 15.8 Å². The molecule has 4 rings (SSSR count). The van der Waals surface area contributed by atoms with Crippen molar-refractivity contribution in [1.29, 1.82) is 0 Å². The van der Waals surface area contributed by atoms with E-state index in [0.29, 0.717) is 5.82 Å². The van der Waals surface area contributed by atoms with Gasteiger partial charge < -0.3 is 9.64 Å². The van der Waals surface area contributed by atoms with E-state index in [1.54, 1.807) is 18.4 Å². The summed E-state index contributed by atoms with van der Waals surface area (Å²) in [7, 11) is 1.69. The number of hydrogen-bond acceptors (Lipinski definition) is 7. The molecule has 3 aromatic heterocycles. The maximum atomic E-state index is 5.67. The smallest absolute Gasteiger partial charge is 0.189 e. The van der Waals surface area contributed by atoms with Crippen LogP contribution >= 0.6 is 11.3 Å². The van der Waals surface area contributed by atoms with Crippen LogP contribution in [0, 0.1) is 6.92 Å². The van der Waals surface area contributed by atoms with Crippen LogP contribution < -0.4 is 14.9 Å². The van der Waals surface area contributed by atoms with Crippen molar-refractivity contribution in [3.63, 3.8) is 0 Å². The molecule has 0 fully saturated rings. The molecular formula is C36H54N6OS.